The summed E-state index contributed by atoms with van der Waals surface area (Å²) in [6, 6.07) is 10.3. The number of benzene rings is 2. The molecule has 0 aromatic heterocycles. The van der Waals surface area contributed by atoms with Crippen molar-refractivity contribution >= 4 is 5.78 Å². The lowest BCUT2D eigenvalue weighted by molar-refractivity contribution is -0.121. The van der Waals surface area contributed by atoms with Gasteiger partial charge in [0, 0.05) is 29.0 Å². The van der Waals surface area contributed by atoms with Gasteiger partial charge in [0.15, 0.2) is 0 Å². The van der Waals surface area contributed by atoms with Gasteiger partial charge in [-0.05, 0) is 31.1 Å². The van der Waals surface area contributed by atoms with Gasteiger partial charge in [-0.15, -0.1) is 0 Å². The monoisotopic (exact) mass is 364 g/mol. The van der Waals surface area contributed by atoms with Gasteiger partial charge in [0.05, 0.1) is 0 Å². The van der Waals surface area contributed by atoms with Crippen molar-refractivity contribution in [3.63, 3.8) is 0 Å². The molecule has 27 heavy (non-hydrogen) atoms. The van der Waals surface area contributed by atoms with Crippen LogP contribution in [0.2, 0.25) is 0 Å². The molecule has 5 rings (SSSR count). The quantitative estimate of drug-likeness (QED) is 0.763. The molecule has 2 aromatic carbocycles. The molecule has 0 saturated heterocycles. The summed E-state index contributed by atoms with van der Waals surface area (Å²) in [4.78, 5) is 13.0. The van der Waals surface area contributed by atoms with Gasteiger partial charge in [-0.2, -0.15) is 0 Å². The van der Waals surface area contributed by atoms with Gasteiger partial charge in [0.1, 0.15) is 28.4 Å². The normalized spacial score (nSPS) is 32.0. The molecule has 2 N–H and O–H groups in total. The van der Waals surface area contributed by atoms with E-state index in [4.69, 9.17) is 4.74 Å². The Kier molecular flexibility index (Phi) is 3.12. The third-order valence-electron chi connectivity index (χ3n) is 7.41. The van der Waals surface area contributed by atoms with Crippen molar-refractivity contribution < 1.29 is 19.7 Å². The lowest BCUT2D eigenvalue weighted by Crippen LogP contribution is -2.59. The van der Waals surface area contributed by atoms with E-state index in [-0.39, 0.29) is 39.8 Å². The Bertz CT molecular complexity index is 962. The summed E-state index contributed by atoms with van der Waals surface area (Å²) in [7, 11) is 0. The van der Waals surface area contributed by atoms with E-state index in [0.29, 0.717) is 28.7 Å². The minimum atomic E-state index is -0.373. The van der Waals surface area contributed by atoms with Crippen LogP contribution in [0.25, 0.3) is 0 Å². The molecule has 0 spiro atoms. The molecular formula is C23H24O4. The van der Waals surface area contributed by atoms with Crippen LogP contribution in [0.4, 0.5) is 0 Å². The van der Waals surface area contributed by atoms with Crippen molar-refractivity contribution in [1.29, 1.82) is 0 Å². The fourth-order valence-corrected chi connectivity index (χ4v) is 6.12. The average molecular weight is 364 g/mol. The highest BCUT2D eigenvalue weighted by Crippen LogP contribution is 2.74. The molecule has 2 aromatic rings. The SMILES string of the molecule is CC1(C)[C@@H]2CC[C@]3(C)Oc4cc(O)c(C(=O)c5ccccc5)c(O)c4[C@H]1[C@H]23. The zero-order chi connectivity index (χ0) is 19.1. The van der Waals surface area contributed by atoms with Crippen molar-refractivity contribution in [3.05, 3.63) is 53.1 Å². The van der Waals surface area contributed by atoms with Crippen molar-refractivity contribution in [2.45, 2.75) is 45.1 Å². The largest absolute Gasteiger partial charge is 0.507 e. The first-order valence-electron chi connectivity index (χ1n) is 9.63. The predicted molar refractivity (Wildman–Crippen MR) is 101 cm³/mol. The van der Waals surface area contributed by atoms with Gasteiger partial charge >= 0.3 is 0 Å². The molecule has 0 amide bonds. The molecule has 0 radical (unpaired) electrons. The highest BCUT2D eigenvalue weighted by atomic mass is 16.5. The molecule has 140 valence electrons. The van der Waals surface area contributed by atoms with Crippen molar-refractivity contribution in [1.82, 2.24) is 0 Å². The first kappa shape index (κ1) is 16.7. The Balaban J connectivity index is 1.70. The lowest BCUT2D eigenvalue weighted by atomic mass is 9.45. The van der Waals surface area contributed by atoms with Crippen molar-refractivity contribution in [2.24, 2.45) is 17.3 Å². The second-order valence-corrected chi connectivity index (χ2v) is 9.11. The molecule has 0 unspecified atom stereocenters. The molecule has 0 bridgehead atoms. The highest BCUT2D eigenvalue weighted by Gasteiger charge is 2.69. The topological polar surface area (TPSA) is 66.8 Å². The number of phenolic OH excluding ortho intramolecular Hbond substituents is 2. The fourth-order valence-electron chi connectivity index (χ4n) is 6.12. The maximum absolute atomic E-state index is 13.0. The van der Waals surface area contributed by atoms with Crippen molar-refractivity contribution in [3.8, 4) is 17.2 Å². The first-order valence-corrected chi connectivity index (χ1v) is 9.63. The Labute approximate surface area is 158 Å². The summed E-state index contributed by atoms with van der Waals surface area (Å²) in [6.45, 7) is 6.62. The molecular weight excluding hydrogens is 340 g/mol. The van der Waals surface area contributed by atoms with E-state index in [1.807, 2.05) is 6.07 Å². The van der Waals surface area contributed by atoms with E-state index < -0.39 is 0 Å². The van der Waals surface area contributed by atoms with E-state index in [1.165, 1.54) is 6.07 Å². The van der Waals surface area contributed by atoms with Gasteiger partial charge in [0.2, 0.25) is 5.78 Å². The summed E-state index contributed by atoms with van der Waals surface area (Å²) in [5, 5.41) is 21.7. The van der Waals surface area contributed by atoms with Gasteiger partial charge in [-0.3, -0.25) is 4.79 Å². The standard InChI is InChI=1S/C23H24O4/c1-22(2)13-9-10-23(3)18(13)19(22)17-15(27-23)11-14(24)16(21(17)26)20(25)12-7-5-4-6-8-12/h4-8,11,13,18-19,24,26H,9-10H2,1-3H3/t13-,18+,19+,23+/m1/s1. The van der Waals surface area contributed by atoms with Crippen LogP contribution in [0.3, 0.4) is 0 Å². The Morgan fingerprint density at radius 1 is 1.15 bits per heavy atom. The average Bonchev–Trinajstić information content (AvgIpc) is 2.96. The second kappa shape index (κ2) is 5.06. The number of hydrogen-bond acceptors (Lipinski definition) is 4. The van der Waals surface area contributed by atoms with Crippen LogP contribution in [0.15, 0.2) is 36.4 Å². The van der Waals surface area contributed by atoms with Crippen LogP contribution in [0.1, 0.15) is 61.0 Å². The smallest absolute Gasteiger partial charge is 0.200 e. The minimum Gasteiger partial charge on any atom is -0.507 e. The van der Waals surface area contributed by atoms with E-state index in [2.05, 4.69) is 20.8 Å². The van der Waals surface area contributed by atoms with E-state index in [0.717, 1.165) is 12.8 Å². The number of fused-ring (bicyclic) bond motifs is 2. The molecule has 4 atom stereocenters. The second-order valence-electron chi connectivity index (χ2n) is 9.11. The Morgan fingerprint density at radius 3 is 2.56 bits per heavy atom. The van der Waals surface area contributed by atoms with Gasteiger partial charge in [-0.25, -0.2) is 0 Å². The molecule has 2 fully saturated rings. The number of carbonyl (C=O) groups excluding carboxylic acids is 1. The predicted octanol–water partition coefficient (Wildman–Crippen LogP) is 4.63. The number of rotatable bonds is 2. The fraction of sp³-hybridized carbons (Fsp3) is 0.435. The summed E-state index contributed by atoms with van der Waals surface area (Å²) < 4.78 is 6.31. The molecule has 2 aliphatic carbocycles. The third kappa shape index (κ3) is 1.96. The maximum atomic E-state index is 13.0. The number of hydrogen-bond donors (Lipinski definition) is 2. The number of phenols is 2. The molecule has 2 saturated carbocycles. The zero-order valence-corrected chi connectivity index (χ0v) is 15.8. The summed E-state index contributed by atoms with van der Waals surface area (Å²) >= 11 is 0. The number of aromatic hydroxyl groups is 2. The Morgan fingerprint density at radius 2 is 1.85 bits per heavy atom. The lowest BCUT2D eigenvalue weighted by Gasteiger charge is -2.62. The summed E-state index contributed by atoms with van der Waals surface area (Å²) in [6.07, 6.45) is 2.09. The molecule has 1 heterocycles. The van der Waals surface area contributed by atoms with Gasteiger partial charge in [0.25, 0.3) is 0 Å². The van der Waals surface area contributed by atoms with Crippen molar-refractivity contribution in [2.75, 3.05) is 0 Å². The van der Waals surface area contributed by atoms with E-state index in [9.17, 15) is 15.0 Å². The number of carbonyl (C=O) groups is 1. The maximum Gasteiger partial charge on any atom is 0.200 e. The molecule has 4 heteroatoms. The van der Waals surface area contributed by atoms with Gasteiger partial charge < -0.3 is 14.9 Å². The Hall–Kier alpha value is -2.49. The highest BCUT2D eigenvalue weighted by molar-refractivity contribution is 6.12. The third-order valence-corrected chi connectivity index (χ3v) is 7.41. The van der Waals surface area contributed by atoms with Crippen LogP contribution >= 0.6 is 0 Å². The number of ketones is 1. The molecule has 3 aliphatic rings. The first-order chi connectivity index (χ1) is 12.8. The van der Waals surface area contributed by atoms with Crippen LogP contribution in [0, 0.1) is 17.3 Å². The van der Waals surface area contributed by atoms with Crippen LogP contribution in [0.5, 0.6) is 17.2 Å². The van der Waals surface area contributed by atoms with Crippen LogP contribution in [-0.4, -0.2) is 21.6 Å². The summed E-state index contributed by atoms with van der Waals surface area (Å²) in [5.74, 6) is 0.825. The summed E-state index contributed by atoms with van der Waals surface area (Å²) in [5.41, 5.74) is 0.878. The molecule has 4 nitrogen and oxygen atoms in total. The van der Waals surface area contributed by atoms with Crippen LogP contribution in [-0.2, 0) is 0 Å². The van der Waals surface area contributed by atoms with Crippen LogP contribution < -0.4 is 4.74 Å². The van der Waals surface area contributed by atoms with E-state index in [1.54, 1.807) is 24.3 Å². The number of ether oxygens (including phenoxy) is 1. The zero-order valence-electron chi connectivity index (χ0n) is 15.8. The minimum absolute atomic E-state index is 0.0237. The van der Waals surface area contributed by atoms with E-state index >= 15 is 0 Å². The van der Waals surface area contributed by atoms with Gasteiger partial charge in [-0.1, -0.05) is 44.2 Å². The molecule has 1 aliphatic heterocycles.